The molecule has 4 heteroatoms. The van der Waals surface area contributed by atoms with Crippen LogP contribution in [-0.2, 0) is 4.79 Å². The molecule has 1 heterocycles. The van der Waals surface area contributed by atoms with E-state index in [0.717, 1.165) is 17.0 Å². The predicted molar refractivity (Wildman–Crippen MR) is 56.8 cm³/mol. The monoisotopic (exact) mass is 204 g/mol. The van der Waals surface area contributed by atoms with Crippen LogP contribution in [0.25, 0.3) is 0 Å². The molecular formula is C11H12N2O2. The second-order valence-electron chi connectivity index (χ2n) is 3.43. The summed E-state index contributed by atoms with van der Waals surface area (Å²) in [6, 6.07) is 7.53. The maximum absolute atomic E-state index is 11.3. The van der Waals surface area contributed by atoms with Gasteiger partial charge in [0.1, 0.15) is 5.75 Å². The summed E-state index contributed by atoms with van der Waals surface area (Å²) < 4.78 is 5.12. The van der Waals surface area contributed by atoms with Crippen LogP contribution in [-0.4, -0.2) is 18.7 Å². The number of carbonyl (C=O) groups excluding carboxylic acids is 1. The van der Waals surface area contributed by atoms with Gasteiger partial charge in [0.2, 0.25) is 5.91 Å². The van der Waals surface area contributed by atoms with E-state index in [1.54, 1.807) is 7.11 Å². The van der Waals surface area contributed by atoms with E-state index in [9.17, 15) is 4.79 Å². The van der Waals surface area contributed by atoms with E-state index in [1.807, 2.05) is 31.2 Å². The lowest BCUT2D eigenvalue weighted by atomic mass is 9.99. The fourth-order valence-electron chi connectivity index (χ4n) is 1.53. The molecule has 0 radical (unpaired) electrons. The second kappa shape index (κ2) is 3.73. The van der Waals surface area contributed by atoms with Gasteiger partial charge in [-0.2, -0.15) is 5.10 Å². The van der Waals surface area contributed by atoms with Gasteiger partial charge in [-0.15, -0.1) is 0 Å². The van der Waals surface area contributed by atoms with E-state index in [-0.39, 0.29) is 11.8 Å². The quantitative estimate of drug-likeness (QED) is 0.786. The predicted octanol–water partition coefficient (Wildman–Crippen LogP) is 1.17. The third kappa shape index (κ3) is 1.70. The van der Waals surface area contributed by atoms with Crippen LogP contribution in [0.4, 0.5) is 0 Å². The summed E-state index contributed by atoms with van der Waals surface area (Å²) in [5.41, 5.74) is 4.14. The largest absolute Gasteiger partial charge is 0.497 e. The first-order chi connectivity index (χ1) is 7.22. The first-order valence-corrected chi connectivity index (χ1v) is 4.74. The van der Waals surface area contributed by atoms with Gasteiger partial charge in [-0.3, -0.25) is 4.79 Å². The van der Waals surface area contributed by atoms with Crippen LogP contribution in [0.15, 0.2) is 29.4 Å². The molecule has 78 valence electrons. The van der Waals surface area contributed by atoms with Crippen molar-refractivity contribution in [1.29, 1.82) is 0 Å². The summed E-state index contributed by atoms with van der Waals surface area (Å²) in [7, 11) is 1.61. The van der Waals surface area contributed by atoms with Crippen molar-refractivity contribution in [2.45, 2.75) is 6.92 Å². The van der Waals surface area contributed by atoms with E-state index in [1.165, 1.54) is 0 Å². The molecule has 0 fully saturated rings. The van der Waals surface area contributed by atoms with Gasteiger partial charge in [-0.1, -0.05) is 12.1 Å². The number of rotatable bonds is 2. The Morgan fingerprint density at radius 1 is 1.47 bits per heavy atom. The average Bonchev–Trinajstić information content (AvgIpc) is 2.60. The molecule has 0 aliphatic carbocycles. The van der Waals surface area contributed by atoms with Gasteiger partial charge in [0.15, 0.2) is 0 Å². The van der Waals surface area contributed by atoms with E-state index < -0.39 is 0 Å². The van der Waals surface area contributed by atoms with Crippen LogP contribution < -0.4 is 10.2 Å². The summed E-state index contributed by atoms with van der Waals surface area (Å²) in [4.78, 5) is 11.3. The van der Waals surface area contributed by atoms with Gasteiger partial charge in [-0.05, 0) is 19.1 Å². The van der Waals surface area contributed by atoms with Gasteiger partial charge >= 0.3 is 0 Å². The number of benzene rings is 1. The van der Waals surface area contributed by atoms with E-state index in [0.29, 0.717) is 0 Å². The van der Waals surface area contributed by atoms with Gasteiger partial charge in [0.25, 0.3) is 0 Å². The van der Waals surface area contributed by atoms with Gasteiger partial charge in [0, 0.05) is 5.56 Å². The molecule has 1 N–H and O–H groups in total. The minimum absolute atomic E-state index is 0.0622. The molecule has 1 aromatic carbocycles. The van der Waals surface area contributed by atoms with E-state index in [2.05, 4.69) is 10.5 Å². The molecule has 0 aromatic heterocycles. The Morgan fingerprint density at radius 2 is 2.27 bits per heavy atom. The molecule has 0 saturated heterocycles. The molecule has 1 aliphatic rings. The Hall–Kier alpha value is -1.84. The Bertz CT molecular complexity index is 426. The number of hydrazone groups is 1. The highest BCUT2D eigenvalue weighted by Gasteiger charge is 2.26. The number of nitrogens with one attached hydrogen (secondary N) is 1. The highest BCUT2D eigenvalue weighted by atomic mass is 16.5. The lowest BCUT2D eigenvalue weighted by Gasteiger charge is -2.06. The molecule has 2 rings (SSSR count). The first kappa shape index (κ1) is 9.71. The van der Waals surface area contributed by atoms with Crippen LogP contribution in [0.5, 0.6) is 5.75 Å². The van der Waals surface area contributed by atoms with Crippen LogP contribution in [0.1, 0.15) is 12.5 Å². The smallest absolute Gasteiger partial charge is 0.249 e. The Morgan fingerprint density at radius 3 is 2.87 bits per heavy atom. The topological polar surface area (TPSA) is 50.7 Å². The summed E-state index contributed by atoms with van der Waals surface area (Å²) in [6.07, 6.45) is 0. The molecule has 0 bridgehead atoms. The third-order valence-electron chi connectivity index (χ3n) is 2.46. The summed E-state index contributed by atoms with van der Waals surface area (Å²) in [5, 5.41) is 4.00. The molecule has 1 aromatic rings. The Balaban J connectivity index is 2.34. The number of amides is 1. The summed E-state index contributed by atoms with van der Waals surface area (Å²) >= 11 is 0. The number of carbonyl (C=O) groups is 1. The minimum atomic E-state index is -0.197. The lowest BCUT2D eigenvalue weighted by Crippen LogP contribution is -2.20. The van der Waals surface area contributed by atoms with Crippen LogP contribution in [0, 0.1) is 5.92 Å². The zero-order valence-electron chi connectivity index (χ0n) is 8.65. The normalized spacial score (nSPS) is 19.7. The minimum Gasteiger partial charge on any atom is -0.497 e. The fourth-order valence-corrected chi connectivity index (χ4v) is 1.53. The van der Waals surface area contributed by atoms with Crippen molar-refractivity contribution in [2.24, 2.45) is 11.0 Å². The number of nitrogens with zero attached hydrogens (tertiary/aromatic N) is 1. The van der Waals surface area contributed by atoms with Gasteiger partial charge < -0.3 is 4.74 Å². The van der Waals surface area contributed by atoms with Crippen molar-refractivity contribution < 1.29 is 9.53 Å². The number of hydrogen-bond acceptors (Lipinski definition) is 3. The first-order valence-electron chi connectivity index (χ1n) is 4.74. The van der Waals surface area contributed by atoms with Crippen LogP contribution in [0.2, 0.25) is 0 Å². The number of hydrogen-bond donors (Lipinski definition) is 1. The lowest BCUT2D eigenvalue weighted by molar-refractivity contribution is -0.121. The van der Waals surface area contributed by atoms with E-state index in [4.69, 9.17) is 4.74 Å². The maximum Gasteiger partial charge on any atom is 0.249 e. The molecule has 1 aliphatic heterocycles. The van der Waals surface area contributed by atoms with Crippen molar-refractivity contribution in [2.75, 3.05) is 7.11 Å². The van der Waals surface area contributed by atoms with Crippen molar-refractivity contribution >= 4 is 11.6 Å². The molecular weight excluding hydrogens is 192 g/mol. The Labute approximate surface area is 87.9 Å². The molecule has 0 spiro atoms. The molecule has 15 heavy (non-hydrogen) atoms. The third-order valence-corrected chi connectivity index (χ3v) is 2.46. The standard InChI is InChI=1S/C11H12N2O2/c1-7-10(12-13-11(7)14)8-4-3-5-9(6-8)15-2/h3-7H,1-2H3,(H,13,14). The van der Waals surface area contributed by atoms with Crippen molar-refractivity contribution in [3.63, 3.8) is 0 Å². The number of ether oxygens (including phenoxy) is 1. The van der Waals surface area contributed by atoms with Crippen LogP contribution in [0.3, 0.4) is 0 Å². The molecule has 1 atom stereocenters. The second-order valence-corrected chi connectivity index (χ2v) is 3.43. The van der Waals surface area contributed by atoms with E-state index >= 15 is 0 Å². The summed E-state index contributed by atoms with van der Waals surface area (Å²) in [6.45, 7) is 1.83. The van der Waals surface area contributed by atoms with Gasteiger partial charge in [-0.25, -0.2) is 5.43 Å². The highest BCUT2D eigenvalue weighted by Crippen LogP contribution is 2.18. The molecule has 1 unspecified atom stereocenters. The molecule has 1 amide bonds. The number of methoxy groups -OCH3 is 1. The summed E-state index contributed by atoms with van der Waals surface area (Å²) in [5.74, 6) is 0.506. The van der Waals surface area contributed by atoms with Crippen LogP contribution >= 0.6 is 0 Å². The van der Waals surface area contributed by atoms with Crippen molar-refractivity contribution in [3.05, 3.63) is 29.8 Å². The van der Waals surface area contributed by atoms with Gasteiger partial charge in [0.05, 0.1) is 18.7 Å². The maximum atomic E-state index is 11.3. The zero-order chi connectivity index (χ0) is 10.8. The average molecular weight is 204 g/mol. The Kier molecular flexibility index (Phi) is 2.41. The highest BCUT2D eigenvalue weighted by molar-refractivity contribution is 6.15. The van der Waals surface area contributed by atoms with Crippen molar-refractivity contribution in [1.82, 2.24) is 5.43 Å². The molecule has 4 nitrogen and oxygen atoms in total. The molecule has 0 saturated carbocycles. The van der Waals surface area contributed by atoms with Crippen molar-refractivity contribution in [3.8, 4) is 5.75 Å². The zero-order valence-corrected chi connectivity index (χ0v) is 8.65. The fraction of sp³-hybridized carbons (Fsp3) is 0.273. The SMILES string of the molecule is COc1cccc(C2=NNC(=O)C2C)c1.